The quantitative estimate of drug-likeness (QED) is 0.654. The molecule has 0 aliphatic heterocycles. The minimum atomic E-state index is -1.02. The van der Waals surface area contributed by atoms with Crippen LogP contribution in [-0.2, 0) is 9.59 Å². The smallest absolute Gasteiger partial charge is 0.312 e. The van der Waals surface area contributed by atoms with Gasteiger partial charge in [0.25, 0.3) is 5.91 Å². The Balaban J connectivity index is 2.06. The van der Waals surface area contributed by atoms with Gasteiger partial charge in [-0.25, -0.2) is 0 Å². The van der Waals surface area contributed by atoms with E-state index in [4.69, 9.17) is 0 Å². The minimum absolute atomic E-state index is 0.0539. The van der Waals surface area contributed by atoms with E-state index in [1.165, 1.54) is 0 Å². The highest BCUT2D eigenvalue weighted by atomic mass is 16.4. The molecule has 0 saturated carbocycles. The van der Waals surface area contributed by atoms with Crippen molar-refractivity contribution in [3.63, 3.8) is 0 Å². The summed E-state index contributed by atoms with van der Waals surface area (Å²) < 4.78 is 0. The number of carboxylic acids is 1. The third kappa shape index (κ3) is 5.67. The number of benzene rings is 2. The Morgan fingerprint density at radius 1 is 1.00 bits per heavy atom. The zero-order valence-electron chi connectivity index (χ0n) is 16.3. The van der Waals surface area contributed by atoms with Crippen LogP contribution >= 0.6 is 0 Å². The molecule has 2 rings (SSSR count). The fourth-order valence-electron chi connectivity index (χ4n) is 2.89. The van der Waals surface area contributed by atoms with E-state index in [0.717, 1.165) is 5.56 Å². The van der Waals surface area contributed by atoms with Crippen molar-refractivity contribution in [3.8, 4) is 0 Å². The van der Waals surface area contributed by atoms with Crippen LogP contribution < -0.4 is 10.6 Å². The van der Waals surface area contributed by atoms with Gasteiger partial charge in [-0.2, -0.15) is 0 Å². The average molecular weight is 382 g/mol. The second kappa shape index (κ2) is 9.69. The number of carboxylic acid groups (broad SMARTS) is 1. The van der Waals surface area contributed by atoms with Crippen molar-refractivity contribution in [1.29, 1.82) is 0 Å². The maximum absolute atomic E-state index is 12.7. The first-order chi connectivity index (χ1) is 13.3. The molecule has 0 heterocycles. The Kier molecular flexibility index (Phi) is 7.32. The summed E-state index contributed by atoms with van der Waals surface area (Å²) in [6.07, 6.45) is 0. The molecule has 0 aromatic heterocycles. The summed E-state index contributed by atoms with van der Waals surface area (Å²) in [4.78, 5) is 36.7. The number of amides is 2. The lowest BCUT2D eigenvalue weighted by Gasteiger charge is -2.23. The fourth-order valence-corrected chi connectivity index (χ4v) is 2.89. The maximum Gasteiger partial charge on any atom is 0.312 e. The Hall–Kier alpha value is -3.15. The second-order valence-corrected chi connectivity index (χ2v) is 7.11. The first-order valence-electron chi connectivity index (χ1n) is 9.22. The summed E-state index contributed by atoms with van der Waals surface area (Å²) in [6.45, 7) is 5.49. The number of carbonyl (C=O) groups excluding carboxylic acids is 2. The molecular formula is C22H26N2O4. The average Bonchev–Trinajstić information content (AvgIpc) is 2.66. The standard InChI is InChI=1S/C22H26N2O4/c1-14(2)19(24-20(25)17-11-7-8-15(3)12-17)21(26)23-13-18(22(27)28)16-9-5-4-6-10-16/h4-12,14,18-19H,13H2,1-3H3,(H,23,26)(H,24,25)(H,27,28). The van der Waals surface area contributed by atoms with Crippen LogP contribution in [0, 0.1) is 12.8 Å². The summed E-state index contributed by atoms with van der Waals surface area (Å²) >= 11 is 0. The van der Waals surface area contributed by atoms with E-state index in [2.05, 4.69) is 10.6 Å². The van der Waals surface area contributed by atoms with Gasteiger partial charge in [-0.3, -0.25) is 14.4 Å². The van der Waals surface area contributed by atoms with E-state index >= 15 is 0 Å². The van der Waals surface area contributed by atoms with Crippen molar-refractivity contribution in [2.24, 2.45) is 5.92 Å². The molecule has 2 aromatic carbocycles. The maximum atomic E-state index is 12.7. The van der Waals surface area contributed by atoms with Gasteiger partial charge in [0, 0.05) is 12.1 Å². The Morgan fingerprint density at radius 2 is 1.68 bits per heavy atom. The highest BCUT2D eigenvalue weighted by Gasteiger charge is 2.27. The highest BCUT2D eigenvalue weighted by molar-refractivity contribution is 5.97. The van der Waals surface area contributed by atoms with E-state index in [-0.39, 0.29) is 18.4 Å². The van der Waals surface area contributed by atoms with E-state index in [0.29, 0.717) is 11.1 Å². The van der Waals surface area contributed by atoms with Crippen molar-refractivity contribution in [3.05, 3.63) is 71.3 Å². The molecule has 6 nitrogen and oxygen atoms in total. The van der Waals surface area contributed by atoms with Gasteiger partial charge in [0.1, 0.15) is 6.04 Å². The van der Waals surface area contributed by atoms with Crippen molar-refractivity contribution in [2.45, 2.75) is 32.7 Å². The molecule has 2 aromatic rings. The lowest BCUT2D eigenvalue weighted by atomic mass is 9.98. The minimum Gasteiger partial charge on any atom is -0.481 e. The molecule has 0 aliphatic carbocycles. The molecule has 148 valence electrons. The van der Waals surface area contributed by atoms with Crippen LogP contribution in [0.3, 0.4) is 0 Å². The SMILES string of the molecule is Cc1cccc(C(=O)NC(C(=O)NCC(C(=O)O)c2ccccc2)C(C)C)c1. The summed E-state index contributed by atoms with van der Waals surface area (Å²) in [6, 6.07) is 15.1. The number of hydrogen-bond donors (Lipinski definition) is 3. The van der Waals surface area contributed by atoms with E-state index in [9.17, 15) is 19.5 Å². The normalized spacial score (nSPS) is 12.9. The second-order valence-electron chi connectivity index (χ2n) is 7.11. The fraction of sp³-hybridized carbons (Fsp3) is 0.318. The zero-order chi connectivity index (χ0) is 20.7. The highest BCUT2D eigenvalue weighted by Crippen LogP contribution is 2.15. The van der Waals surface area contributed by atoms with E-state index in [1.54, 1.807) is 48.5 Å². The van der Waals surface area contributed by atoms with Gasteiger partial charge in [-0.1, -0.05) is 61.9 Å². The van der Waals surface area contributed by atoms with Crippen LogP contribution in [0.4, 0.5) is 0 Å². The number of aryl methyl sites for hydroxylation is 1. The van der Waals surface area contributed by atoms with Crippen LogP contribution in [0.5, 0.6) is 0 Å². The van der Waals surface area contributed by atoms with Crippen LogP contribution in [0.15, 0.2) is 54.6 Å². The summed E-state index contributed by atoms with van der Waals surface area (Å²) in [5, 5.41) is 14.9. The number of carbonyl (C=O) groups is 3. The largest absolute Gasteiger partial charge is 0.481 e. The molecule has 3 N–H and O–H groups in total. The Morgan fingerprint density at radius 3 is 2.25 bits per heavy atom. The number of nitrogens with one attached hydrogen (secondary N) is 2. The van der Waals surface area contributed by atoms with Crippen molar-refractivity contribution in [2.75, 3.05) is 6.54 Å². The van der Waals surface area contributed by atoms with Crippen molar-refractivity contribution >= 4 is 17.8 Å². The molecule has 0 aliphatic rings. The van der Waals surface area contributed by atoms with Gasteiger partial charge < -0.3 is 15.7 Å². The molecule has 2 amide bonds. The summed E-state index contributed by atoms with van der Waals surface area (Å²) in [5.74, 6) is -2.77. The van der Waals surface area contributed by atoms with Gasteiger partial charge in [0.15, 0.2) is 0 Å². The Bertz CT molecular complexity index is 833. The molecule has 28 heavy (non-hydrogen) atoms. The molecular weight excluding hydrogens is 356 g/mol. The third-order valence-electron chi connectivity index (χ3n) is 4.50. The van der Waals surface area contributed by atoms with Gasteiger partial charge in [-0.05, 0) is 30.5 Å². The van der Waals surface area contributed by atoms with Gasteiger partial charge in [0.2, 0.25) is 5.91 Å². The number of aliphatic carboxylic acids is 1. The van der Waals surface area contributed by atoms with Crippen molar-refractivity contribution in [1.82, 2.24) is 10.6 Å². The monoisotopic (exact) mass is 382 g/mol. The number of rotatable bonds is 8. The van der Waals surface area contributed by atoms with Gasteiger partial charge >= 0.3 is 5.97 Å². The number of hydrogen-bond acceptors (Lipinski definition) is 3. The van der Waals surface area contributed by atoms with Crippen LogP contribution in [-0.4, -0.2) is 35.5 Å². The van der Waals surface area contributed by atoms with Crippen LogP contribution in [0.25, 0.3) is 0 Å². The molecule has 0 saturated heterocycles. The first-order valence-corrected chi connectivity index (χ1v) is 9.22. The molecule has 0 bridgehead atoms. The molecule has 0 fully saturated rings. The molecule has 2 unspecified atom stereocenters. The predicted octanol–water partition coefficient (Wildman–Crippen LogP) is 2.73. The lowest BCUT2D eigenvalue weighted by Crippen LogP contribution is -2.50. The van der Waals surface area contributed by atoms with Gasteiger partial charge in [-0.15, -0.1) is 0 Å². The zero-order valence-corrected chi connectivity index (χ0v) is 16.3. The van der Waals surface area contributed by atoms with Gasteiger partial charge in [0.05, 0.1) is 5.92 Å². The van der Waals surface area contributed by atoms with E-state index in [1.807, 2.05) is 26.8 Å². The first kappa shape index (κ1) is 21.2. The molecule has 6 heteroatoms. The molecule has 0 spiro atoms. The van der Waals surface area contributed by atoms with Crippen LogP contribution in [0.1, 0.15) is 41.3 Å². The van der Waals surface area contributed by atoms with Crippen molar-refractivity contribution < 1.29 is 19.5 Å². The molecule has 2 atom stereocenters. The van der Waals surface area contributed by atoms with E-state index < -0.39 is 23.8 Å². The summed E-state index contributed by atoms with van der Waals surface area (Å²) in [5.41, 5.74) is 2.04. The molecule has 0 radical (unpaired) electrons. The van der Waals surface area contributed by atoms with Crippen LogP contribution in [0.2, 0.25) is 0 Å². The third-order valence-corrected chi connectivity index (χ3v) is 4.50. The Labute approximate surface area is 165 Å². The predicted molar refractivity (Wildman–Crippen MR) is 107 cm³/mol. The topological polar surface area (TPSA) is 95.5 Å². The lowest BCUT2D eigenvalue weighted by molar-refractivity contribution is -0.138. The summed E-state index contributed by atoms with van der Waals surface area (Å²) in [7, 11) is 0.